The molecule has 9 heteroatoms. The second-order valence-electron chi connectivity index (χ2n) is 0.192. The Hall–Kier alpha value is 1.55. The van der Waals surface area contributed by atoms with Gasteiger partial charge in [0.2, 0.25) is 0 Å². The second-order valence-corrected chi connectivity index (χ2v) is 15.1. The zero-order valence-corrected chi connectivity index (χ0v) is 9.83. The van der Waals surface area contributed by atoms with Crippen molar-refractivity contribution in [2.24, 2.45) is 0 Å². The van der Waals surface area contributed by atoms with Gasteiger partial charge in [0.15, 0.2) is 0 Å². The summed E-state index contributed by atoms with van der Waals surface area (Å²) in [6, 6.07) is 0. The van der Waals surface area contributed by atoms with Crippen LogP contribution in [0.1, 0.15) is 0 Å². The van der Waals surface area contributed by atoms with Gasteiger partial charge in [-0.3, -0.25) is 0 Å². The van der Waals surface area contributed by atoms with Crippen molar-refractivity contribution in [3.63, 3.8) is 0 Å². The van der Waals surface area contributed by atoms with Crippen molar-refractivity contribution in [1.29, 1.82) is 0 Å². The standard InChI is InChI=1S/Bi.3ClH.5H2O/h;3*1H;5*1H2/q+3;;;;;;;;/p-3. The van der Waals surface area contributed by atoms with E-state index in [1.807, 2.05) is 0 Å². The van der Waals surface area contributed by atoms with Gasteiger partial charge in [0.25, 0.3) is 0 Å². The van der Waals surface area contributed by atoms with Crippen molar-refractivity contribution in [1.82, 2.24) is 0 Å². The number of hydrogen-bond acceptors (Lipinski definition) is 0. The Morgan fingerprint density at radius 3 is 0.556 bits per heavy atom. The van der Waals surface area contributed by atoms with E-state index in [1.165, 1.54) is 0 Å². The first-order valence-electron chi connectivity index (χ1n) is 0.507. The molecular weight excluding hydrogens is 395 g/mol. The summed E-state index contributed by atoms with van der Waals surface area (Å²) in [6.45, 7) is 0. The van der Waals surface area contributed by atoms with Crippen LogP contribution in [0.3, 0.4) is 0 Å². The van der Waals surface area contributed by atoms with Crippen LogP contribution in [0.25, 0.3) is 0 Å². The van der Waals surface area contributed by atoms with Crippen LogP contribution >= 0.6 is 25.5 Å². The first-order chi connectivity index (χ1) is 1.73. The molecule has 0 bridgehead atoms. The van der Waals surface area contributed by atoms with Gasteiger partial charge in [0, 0.05) is 0 Å². The van der Waals surface area contributed by atoms with Crippen molar-refractivity contribution >= 4 is 43.7 Å². The quantitative estimate of drug-likeness (QED) is 0.393. The van der Waals surface area contributed by atoms with Gasteiger partial charge < -0.3 is 27.4 Å². The average Bonchev–Trinajstić information content (AvgIpc) is 0.811. The number of halogens is 3. The molecule has 0 aliphatic heterocycles. The van der Waals surface area contributed by atoms with Crippen molar-refractivity contribution in [3.8, 4) is 0 Å². The molecule has 0 heterocycles. The Morgan fingerprint density at radius 1 is 0.556 bits per heavy atom. The normalized spacial score (nSPS) is 4.00. The molecule has 10 N–H and O–H groups in total. The van der Waals surface area contributed by atoms with Gasteiger partial charge in [-0.2, -0.15) is 0 Å². The van der Waals surface area contributed by atoms with E-state index in [-0.39, 0.29) is 27.4 Å². The molecule has 0 saturated carbocycles. The summed E-state index contributed by atoms with van der Waals surface area (Å²) in [5.74, 6) is 0. The van der Waals surface area contributed by atoms with Crippen LogP contribution in [0, 0.1) is 0 Å². The molecular formula is H10BiCl3O5. The Bertz CT molecular complexity index is 16.9. The van der Waals surface area contributed by atoms with Crippen LogP contribution in [0.5, 0.6) is 0 Å². The van der Waals surface area contributed by atoms with Crippen LogP contribution in [0.4, 0.5) is 0 Å². The van der Waals surface area contributed by atoms with Gasteiger partial charge in [0.1, 0.15) is 0 Å². The maximum absolute atomic E-state index is 5.01. The number of hydrogen-bond donors (Lipinski definition) is 0. The molecule has 0 aliphatic carbocycles. The third kappa shape index (κ3) is 226. The third-order valence-electron chi connectivity index (χ3n) is 0. The molecule has 5 nitrogen and oxygen atoms in total. The SMILES string of the molecule is O.O.O.O.O.[Cl][Bi]([Cl])[Cl]. The first-order valence-corrected chi connectivity index (χ1v) is 13.3. The molecule has 0 atom stereocenters. The molecule has 0 aromatic rings. The van der Waals surface area contributed by atoms with E-state index in [0.717, 1.165) is 0 Å². The molecule has 0 spiro atoms. The first kappa shape index (κ1) is 46.5. The van der Waals surface area contributed by atoms with E-state index in [2.05, 4.69) is 0 Å². The van der Waals surface area contributed by atoms with E-state index < -0.39 is 18.2 Å². The van der Waals surface area contributed by atoms with Gasteiger partial charge in [-0.15, -0.1) is 0 Å². The predicted molar refractivity (Wildman–Crippen MR) is 41.4 cm³/mol. The van der Waals surface area contributed by atoms with Crippen LogP contribution in [0.2, 0.25) is 0 Å². The second kappa shape index (κ2) is 33.7. The summed E-state index contributed by atoms with van der Waals surface area (Å²) in [5, 5.41) is 0. The van der Waals surface area contributed by atoms with Gasteiger partial charge in [0.05, 0.1) is 0 Å². The molecule has 9 heavy (non-hydrogen) atoms. The summed E-state index contributed by atoms with van der Waals surface area (Å²) in [7, 11) is 15.0. The zero-order chi connectivity index (χ0) is 3.58. The monoisotopic (exact) mass is 404 g/mol. The van der Waals surface area contributed by atoms with Crippen LogP contribution < -0.4 is 0 Å². The fourth-order valence-corrected chi connectivity index (χ4v) is 0. The molecule has 0 saturated heterocycles. The van der Waals surface area contributed by atoms with E-state index >= 15 is 0 Å². The average molecular weight is 405 g/mol. The Balaban J connectivity index is -0.00000000450. The summed E-state index contributed by atoms with van der Waals surface area (Å²) < 4.78 is 0. The van der Waals surface area contributed by atoms with Crippen LogP contribution in [0.15, 0.2) is 0 Å². The maximum atomic E-state index is 5.01. The van der Waals surface area contributed by atoms with Crippen LogP contribution in [-0.4, -0.2) is 45.6 Å². The summed E-state index contributed by atoms with van der Waals surface area (Å²) in [5.41, 5.74) is 0. The summed E-state index contributed by atoms with van der Waals surface area (Å²) in [4.78, 5) is 0. The number of rotatable bonds is 0. The molecule has 0 aromatic carbocycles. The minimum absolute atomic E-state index is 0. The van der Waals surface area contributed by atoms with Crippen molar-refractivity contribution in [2.45, 2.75) is 0 Å². The molecule has 0 unspecified atom stereocenters. The van der Waals surface area contributed by atoms with Crippen molar-refractivity contribution in [2.75, 3.05) is 0 Å². The van der Waals surface area contributed by atoms with Gasteiger partial charge in [-0.1, -0.05) is 0 Å². The molecule has 0 amide bonds. The Labute approximate surface area is 70.8 Å². The molecule has 0 radical (unpaired) electrons. The van der Waals surface area contributed by atoms with Crippen LogP contribution in [-0.2, 0) is 0 Å². The van der Waals surface area contributed by atoms with Gasteiger partial charge in [-0.25, -0.2) is 0 Å². The van der Waals surface area contributed by atoms with E-state index in [4.69, 9.17) is 25.5 Å². The van der Waals surface area contributed by atoms with E-state index in [1.54, 1.807) is 0 Å². The molecule has 0 aromatic heterocycles. The zero-order valence-electron chi connectivity index (χ0n) is 4.08. The fourth-order valence-electron chi connectivity index (χ4n) is 0. The summed E-state index contributed by atoms with van der Waals surface area (Å²) >= 11 is -2.18. The van der Waals surface area contributed by atoms with E-state index in [9.17, 15) is 0 Å². The molecule has 0 aliphatic rings. The van der Waals surface area contributed by atoms with Gasteiger partial charge >= 0.3 is 43.7 Å². The molecule has 0 rings (SSSR count). The molecule has 66 valence electrons. The topological polar surface area (TPSA) is 158 Å². The van der Waals surface area contributed by atoms with Crippen molar-refractivity contribution < 1.29 is 27.4 Å². The summed E-state index contributed by atoms with van der Waals surface area (Å²) in [6.07, 6.45) is 0. The van der Waals surface area contributed by atoms with E-state index in [0.29, 0.717) is 0 Å². The van der Waals surface area contributed by atoms with Gasteiger partial charge in [-0.05, 0) is 0 Å². The molecule has 0 fully saturated rings. The third-order valence-corrected chi connectivity index (χ3v) is 0. The predicted octanol–water partition coefficient (Wildman–Crippen LogP) is -2.44. The Morgan fingerprint density at radius 2 is 0.556 bits per heavy atom. The van der Waals surface area contributed by atoms with Crippen molar-refractivity contribution in [3.05, 3.63) is 0 Å². The fraction of sp³-hybridized carbons (Fsp3) is 0. The Kier molecular flexibility index (Phi) is 174. The minimum atomic E-state index is -2.18.